The lowest BCUT2D eigenvalue weighted by Gasteiger charge is -2.20. The molecule has 1 aromatic carbocycles. The third-order valence-electron chi connectivity index (χ3n) is 3.96. The van der Waals surface area contributed by atoms with Gasteiger partial charge in [0.1, 0.15) is 0 Å². The van der Waals surface area contributed by atoms with Crippen molar-refractivity contribution >= 4 is 33.2 Å². The van der Waals surface area contributed by atoms with E-state index in [2.05, 4.69) is 20.0 Å². The van der Waals surface area contributed by atoms with Gasteiger partial charge in [-0.3, -0.25) is 14.5 Å². The Morgan fingerprint density at radius 2 is 1.67 bits per heavy atom. The smallest absolute Gasteiger partial charge is 0.261 e. The number of hydrogen-bond acceptors (Lipinski definition) is 5. The van der Waals surface area contributed by atoms with Crippen LogP contribution in [0.1, 0.15) is 31.1 Å². The lowest BCUT2D eigenvalue weighted by Crippen LogP contribution is -2.40. The minimum atomic E-state index is -3.83. The van der Waals surface area contributed by atoms with Crippen molar-refractivity contribution < 1.29 is 13.2 Å². The van der Waals surface area contributed by atoms with E-state index in [1.54, 1.807) is 36.5 Å². The van der Waals surface area contributed by atoms with Crippen LogP contribution in [-0.2, 0) is 10.0 Å². The first-order valence-corrected chi connectivity index (χ1v) is 10.9. The van der Waals surface area contributed by atoms with E-state index in [4.69, 9.17) is 11.6 Å². The van der Waals surface area contributed by atoms with Crippen LogP contribution in [-0.4, -0.2) is 29.8 Å². The molecule has 2 N–H and O–H groups in total. The van der Waals surface area contributed by atoms with Crippen molar-refractivity contribution in [2.24, 2.45) is 0 Å². The average molecular weight is 445 g/mol. The molecule has 0 bridgehead atoms. The Balaban J connectivity index is 1.92. The summed E-state index contributed by atoms with van der Waals surface area (Å²) in [6, 6.07) is 11.2. The lowest BCUT2D eigenvalue weighted by molar-refractivity contribution is 0.0919. The molecule has 0 saturated heterocycles. The molecule has 7 nitrogen and oxygen atoms in total. The third-order valence-corrected chi connectivity index (χ3v) is 5.64. The number of carbonyl (C=O) groups is 1. The van der Waals surface area contributed by atoms with Crippen LogP contribution in [0.25, 0.3) is 11.1 Å². The minimum Gasteiger partial charge on any atom is -0.347 e. The van der Waals surface area contributed by atoms with Crippen LogP contribution >= 0.6 is 11.6 Å². The van der Waals surface area contributed by atoms with Gasteiger partial charge >= 0.3 is 0 Å². The molecule has 3 rings (SSSR count). The fourth-order valence-electron chi connectivity index (χ4n) is 2.62. The van der Waals surface area contributed by atoms with Gasteiger partial charge in [0.15, 0.2) is 5.15 Å². The van der Waals surface area contributed by atoms with Crippen molar-refractivity contribution in [3.05, 3.63) is 71.8 Å². The highest BCUT2D eigenvalue weighted by molar-refractivity contribution is 7.92. The Kier molecular flexibility index (Phi) is 6.09. The van der Waals surface area contributed by atoms with Crippen LogP contribution in [0, 0.1) is 0 Å². The Morgan fingerprint density at radius 1 is 1.00 bits per heavy atom. The molecule has 1 amide bonds. The molecule has 0 radical (unpaired) electrons. The Labute approximate surface area is 180 Å². The van der Waals surface area contributed by atoms with Gasteiger partial charge in [0.2, 0.25) is 0 Å². The van der Waals surface area contributed by atoms with E-state index in [1.807, 2.05) is 20.8 Å². The molecule has 30 heavy (non-hydrogen) atoms. The van der Waals surface area contributed by atoms with Crippen LogP contribution in [0.5, 0.6) is 0 Å². The number of nitrogens with one attached hydrogen (secondary N) is 2. The quantitative estimate of drug-likeness (QED) is 0.576. The van der Waals surface area contributed by atoms with Crippen molar-refractivity contribution in [2.45, 2.75) is 31.2 Å². The van der Waals surface area contributed by atoms with Crippen LogP contribution in [0.15, 0.2) is 66.0 Å². The van der Waals surface area contributed by atoms with Crippen molar-refractivity contribution in [1.82, 2.24) is 15.3 Å². The molecule has 0 saturated carbocycles. The number of pyridine rings is 2. The number of aromatic nitrogens is 2. The Hall–Kier alpha value is -2.97. The van der Waals surface area contributed by atoms with Crippen LogP contribution in [0.2, 0.25) is 5.15 Å². The second-order valence-corrected chi connectivity index (χ2v) is 9.69. The van der Waals surface area contributed by atoms with Gasteiger partial charge in [0, 0.05) is 35.3 Å². The molecule has 0 unspecified atom stereocenters. The zero-order valence-corrected chi connectivity index (χ0v) is 18.3. The van der Waals surface area contributed by atoms with Gasteiger partial charge in [-0.25, -0.2) is 13.4 Å². The average Bonchev–Trinajstić information content (AvgIpc) is 2.69. The van der Waals surface area contributed by atoms with Crippen molar-refractivity contribution in [2.75, 3.05) is 4.72 Å². The van der Waals surface area contributed by atoms with Crippen molar-refractivity contribution in [1.29, 1.82) is 0 Å². The van der Waals surface area contributed by atoms with Crippen molar-refractivity contribution in [3.63, 3.8) is 0 Å². The number of nitrogens with zero attached hydrogens (tertiary/aromatic N) is 2. The number of sulfonamides is 1. The molecule has 0 aliphatic rings. The molecule has 0 atom stereocenters. The van der Waals surface area contributed by atoms with Crippen molar-refractivity contribution in [3.8, 4) is 11.1 Å². The zero-order valence-electron chi connectivity index (χ0n) is 16.7. The maximum Gasteiger partial charge on any atom is 0.261 e. The summed E-state index contributed by atoms with van der Waals surface area (Å²) in [5, 5.41) is 2.88. The molecule has 9 heteroatoms. The number of benzene rings is 1. The van der Waals surface area contributed by atoms with E-state index in [1.165, 1.54) is 24.5 Å². The summed E-state index contributed by atoms with van der Waals surface area (Å²) >= 11 is 6.11. The highest BCUT2D eigenvalue weighted by atomic mass is 35.5. The van der Waals surface area contributed by atoms with Crippen LogP contribution in [0.3, 0.4) is 0 Å². The number of carbonyl (C=O) groups excluding carboxylic acids is 1. The molecule has 2 heterocycles. The highest BCUT2D eigenvalue weighted by Crippen LogP contribution is 2.28. The highest BCUT2D eigenvalue weighted by Gasteiger charge is 2.18. The number of rotatable bonds is 5. The summed E-state index contributed by atoms with van der Waals surface area (Å²) in [5.74, 6) is -0.260. The van der Waals surface area contributed by atoms with Gasteiger partial charge in [0.05, 0.1) is 16.1 Å². The zero-order chi connectivity index (χ0) is 21.9. The molecule has 0 aliphatic heterocycles. The number of anilines is 1. The number of halogens is 1. The lowest BCUT2D eigenvalue weighted by atomic mass is 10.1. The molecular formula is C21H21ClN4O3S. The Bertz CT molecular complexity index is 1180. The summed E-state index contributed by atoms with van der Waals surface area (Å²) in [7, 11) is -3.83. The first-order chi connectivity index (χ1) is 14.0. The summed E-state index contributed by atoms with van der Waals surface area (Å²) in [6.45, 7) is 5.66. The number of hydrogen-bond donors (Lipinski definition) is 2. The maximum atomic E-state index is 12.6. The standard InChI is InChI=1S/C21H21ClN4O3S/c1-21(2,3)25-20(27)16-9-14(11-23-12-16)15-10-18(19(22)24-13-15)26-30(28,29)17-7-5-4-6-8-17/h4-13,26H,1-3H3,(H,25,27). The summed E-state index contributed by atoms with van der Waals surface area (Å²) < 4.78 is 27.7. The van der Waals surface area contributed by atoms with Gasteiger partial charge in [0.25, 0.3) is 15.9 Å². The molecule has 0 spiro atoms. The van der Waals surface area contributed by atoms with Crippen LogP contribution in [0.4, 0.5) is 5.69 Å². The van der Waals surface area contributed by atoms with Gasteiger partial charge < -0.3 is 5.32 Å². The molecule has 156 valence electrons. The molecule has 3 aromatic rings. The first-order valence-electron chi connectivity index (χ1n) is 9.06. The molecular weight excluding hydrogens is 424 g/mol. The van der Waals surface area contributed by atoms with Crippen LogP contribution < -0.4 is 10.0 Å². The molecule has 0 aliphatic carbocycles. The van der Waals surface area contributed by atoms with E-state index in [0.717, 1.165) is 0 Å². The summed E-state index contributed by atoms with van der Waals surface area (Å²) in [5.41, 5.74) is 1.27. The van der Waals surface area contributed by atoms with Gasteiger partial charge in [-0.15, -0.1) is 0 Å². The Morgan fingerprint density at radius 3 is 2.33 bits per heavy atom. The van der Waals surface area contributed by atoms with E-state index in [9.17, 15) is 13.2 Å². The fourth-order valence-corrected chi connectivity index (χ4v) is 3.90. The molecule has 2 aromatic heterocycles. The van der Waals surface area contributed by atoms with Gasteiger partial charge in [-0.2, -0.15) is 0 Å². The fraction of sp³-hybridized carbons (Fsp3) is 0.190. The van der Waals surface area contributed by atoms with Gasteiger partial charge in [-0.05, 0) is 45.0 Å². The predicted octanol–water partition coefficient (Wildman–Crippen LogP) is 4.13. The van der Waals surface area contributed by atoms with Gasteiger partial charge in [-0.1, -0.05) is 29.8 Å². The summed E-state index contributed by atoms with van der Waals surface area (Å²) in [4.78, 5) is 20.7. The normalized spacial score (nSPS) is 11.7. The van der Waals surface area contributed by atoms with E-state index in [0.29, 0.717) is 16.7 Å². The second kappa shape index (κ2) is 8.41. The minimum absolute atomic E-state index is 0.00726. The van der Waals surface area contributed by atoms with E-state index >= 15 is 0 Å². The second-order valence-electron chi connectivity index (χ2n) is 7.65. The topological polar surface area (TPSA) is 101 Å². The SMILES string of the molecule is CC(C)(C)NC(=O)c1cncc(-c2cnc(Cl)c(NS(=O)(=O)c3ccccc3)c2)c1. The number of amides is 1. The van der Waals surface area contributed by atoms with E-state index in [-0.39, 0.29) is 21.6 Å². The maximum absolute atomic E-state index is 12.6. The molecule has 0 fully saturated rings. The first kappa shape index (κ1) is 21.7. The van der Waals surface area contributed by atoms with E-state index < -0.39 is 15.6 Å². The summed E-state index contributed by atoms with van der Waals surface area (Å²) in [6.07, 6.45) is 4.52. The monoisotopic (exact) mass is 444 g/mol. The largest absolute Gasteiger partial charge is 0.347 e. The predicted molar refractivity (Wildman–Crippen MR) is 117 cm³/mol. The third kappa shape index (κ3) is 5.34.